The largest absolute Gasteiger partial charge is 0.378 e. The van der Waals surface area contributed by atoms with Gasteiger partial charge in [-0.05, 0) is 23.6 Å². The van der Waals surface area contributed by atoms with Gasteiger partial charge in [-0.25, -0.2) is 0 Å². The molecule has 252 valence electrons. The van der Waals surface area contributed by atoms with E-state index in [9.17, 15) is 24.0 Å². The second-order valence-corrected chi connectivity index (χ2v) is 12.6. The van der Waals surface area contributed by atoms with Crippen LogP contribution in [0.15, 0.2) is 54.6 Å². The van der Waals surface area contributed by atoms with E-state index in [-0.39, 0.29) is 44.4 Å². The molecule has 3 fully saturated rings. The normalized spacial score (nSPS) is 25.0. The van der Waals surface area contributed by atoms with Crippen LogP contribution < -0.4 is 20.9 Å². The van der Waals surface area contributed by atoms with Crippen molar-refractivity contribution in [3.05, 3.63) is 65.7 Å². The fourth-order valence-corrected chi connectivity index (χ4v) is 6.12. The van der Waals surface area contributed by atoms with Crippen LogP contribution in [0.4, 0.5) is 5.69 Å². The average Bonchev–Trinajstić information content (AvgIpc) is 3.08. The second kappa shape index (κ2) is 15.4. The van der Waals surface area contributed by atoms with Gasteiger partial charge in [-0.3, -0.25) is 24.0 Å². The Balaban J connectivity index is 1.45. The number of carbonyl (C=O) groups excluding carboxylic acids is 5. The van der Waals surface area contributed by atoms with Crippen molar-refractivity contribution in [2.45, 2.75) is 44.6 Å². The second-order valence-electron chi connectivity index (χ2n) is 12.6. The number of para-hydroxylation sites is 1. The molecule has 5 rings (SSSR count). The van der Waals surface area contributed by atoms with Crippen molar-refractivity contribution in [1.82, 2.24) is 25.8 Å². The molecule has 3 aliphatic rings. The van der Waals surface area contributed by atoms with Gasteiger partial charge in [0.15, 0.2) is 6.10 Å². The number of rotatable bonds is 5. The van der Waals surface area contributed by atoms with Gasteiger partial charge in [-0.15, -0.1) is 0 Å². The summed E-state index contributed by atoms with van der Waals surface area (Å²) >= 11 is 0. The number of morpholine rings is 2. The Kier molecular flexibility index (Phi) is 11.1. The summed E-state index contributed by atoms with van der Waals surface area (Å²) in [5.41, 5.74) is 2.09. The third kappa shape index (κ3) is 8.46. The minimum absolute atomic E-state index is 0.00285. The molecule has 3 aliphatic heterocycles. The van der Waals surface area contributed by atoms with E-state index in [1.807, 2.05) is 56.3 Å². The van der Waals surface area contributed by atoms with Crippen molar-refractivity contribution in [3.8, 4) is 0 Å². The fourth-order valence-electron chi connectivity index (χ4n) is 6.12. The molecule has 13 heteroatoms. The van der Waals surface area contributed by atoms with Gasteiger partial charge >= 0.3 is 0 Å². The predicted octanol–water partition coefficient (Wildman–Crippen LogP) is 0.189. The summed E-state index contributed by atoms with van der Waals surface area (Å²) in [5.74, 6) is -2.49. The van der Waals surface area contributed by atoms with Gasteiger partial charge in [-0.2, -0.15) is 0 Å². The third-order valence-corrected chi connectivity index (χ3v) is 8.66. The lowest BCUT2D eigenvalue weighted by atomic mass is 10.0. The number of nitrogens with zero attached hydrogens (tertiary/aromatic N) is 3. The molecule has 2 aromatic carbocycles. The molecule has 0 aromatic heterocycles. The highest BCUT2D eigenvalue weighted by atomic mass is 16.5. The molecule has 0 unspecified atom stereocenters. The van der Waals surface area contributed by atoms with E-state index in [0.29, 0.717) is 31.9 Å². The summed E-state index contributed by atoms with van der Waals surface area (Å²) in [6, 6.07) is 14.7. The van der Waals surface area contributed by atoms with Crippen LogP contribution in [0.1, 0.15) is 29.8 Å². The van der Waals surface area contributed by atoms with E-state index in [2.05, 4.69) is 20.9 Å². The maximum Gasteiger partial charge on any atom is 0.256 e. The minimum Gasteiger partial charge on any atom is -0.378 e. The molecule has 4 atom stereocenters. The van der Waals surface area contributed by atoms with Crippen molar-refractivity contribution >= 4 is 35.2 Å². The highest BCUT2D eigenvalue weighted by Gasteiger charge is 2.38. The van der Waals surface area contributed by atoms with Gasteiger partial charge in [0.05, 0.1) is 38.0 Å². The summed E-state index contributed by atoms with van der Waals surface area (Å²) in [6.45, 7) is 5.79. The number of likely N-dealkylation sites (N-methyl/N-ethyl adjacent to an activating group) is 1. The van der Waals surface area contributed by atoms with Crippen LogP contribution in [0, 0.1) is 5.92 Å². The Morgan fingerprint density at radius 1 is 0.915 bits per heavy atom. The summed E-state index contributed by atoms with van der Waals surface area (Å²) in [4.78, 5) is 72.9. The van der Waals surface area contributed by atoms with E-state index in [0.717, 1.165) is 11.3 Å². The summed E-state index contributed by atoms with van der Waals surface area (Å²) < 4.78 is 11.7. The zero-order valence-electron chi connectivity index (χ0n) is 27.1. The van der Waals surface area contributed by atoms with E-state index in [1.165, 1.54) is 11.9 Å². The molecule has 3 saturated heterocycles. The molecule has 0 spiro atoms. The number of ether oxygens (including phenoxy) is 2. The number of fused-ring (bicyclic) bond motifs is 2. The molecule has 2 aromatic rings. The quantitative estimate of drug-likeness (QED) is 0.416. The van der Waals surface area contributed by atoms with Crippen molar-refractivity contribution in [2.24, 2.45) is 5.92 Å². The van der Waals surface area contributed by atoms with Crippen LogP contribution in [0.25, 0.3) is 0 Å². The molecule has 47 heavy (non-hydrogen) atoms. The van der Waals surface area contributed by atoms with Crippen molar-refractivity contribution < 1.29 is 33.4 Å². The highest BCUT2D eigenvalue weighted by molar-refractivity contribution is 6.00. The van der Waals surface area contributed by atoms with Gasteiger partial charge in [-0.1, -0.05) is 56.3 Å². The Hall–Kier alpha value is -4.49. The Labute approximate surface area is 274 Å². The summed E-state index contributed by atoms with van der Waals surface area (Å²) in [7, 11) is 1.48. The third-order valence-electron chi connectivity index (χ3n) is 8.66. The lowest BCUT2D eigenvalue weighted by molar-refractivity contribution is -0.148. The number of amides is 5. The maximum absolute atomic E-state index is 14.1. The number of anilines is 1. The van der Waals surface area contributed by atoms with Crippen LogP contribution in [0.2, 0.25) is 0 Å². The highest BCUT2D eigenvalue weighted by Crippen LogP contribution is 2.25. The van der Waals surface area contributed by atoms with E-state index < -0.39 is 47.9 Å². The van der Waals surface area contributed by atoms with Gasteiger partial charge in [0, 0.05) is 45.3 Å². The molecule has 2 bridgehead atoms. The van der Waals surface area contributed by atoms with Gasteiger partial charge in [0.2, 0.25) is 17.7 Å². The van der Waals surface area contributed by atoms with Crippen molar-refractivity contribution in [1.29, 1.82) is 0 Å². The first-order valence-electron chi connectivity index (χ1n) is 16.1. The molecule has 5 amide bonds. The molecule has 0 radical (unpaired) electrons. The smallest absolute Gasteiger partial charge is 0.256 e. The van der Waals surface area contributed by atoms with Crippen LogP contribution in [0.5, 0.6) is 0 Å². The van der Waals surface area contributed by atoms with Crippen LogP contribution >= 0.6 is 0 Å². The SMILES string of the molecule is CC(C)[C@@H]1NC(=O)CN(C)C(=O)[C@@H](Cc2ccccc2)NC(=O)[C@H]2CN(C(=O)c3ccccc3N3CCOCC3)C[C@H](CNC1=O)O2. The molecular formula is C34H44N6O7. The number of nitrogens with one attached hydrogen (secondary N) is 3. The molecule has 3 N–H and O–H groups in total. The van der Waals surface area contributed by atoms with Crippen LogP contribution in [0.3, 0.4) is 0 Å². The lowest BCUT2D eigenvalue weighted by Crippen LogP contribution is -2.59. The number of carbonyl (C=O) groups is 5. The summed E-state index contributed by atoms with van der Waals surface area (Å²) in [6.07, 6.45) is -1.67. The Morgan fingerprint density at radius 2 is 1.62 bits per heavy atom. The topological polar surface area (TPSA) is 150 Å². The molecule has 0 saturated carbocycles. The number of hydrogen-bond donors (Lipinski definition) is 3. The predicted molar refractivity (Wildman–Crippen MR) is 174 cm³/mol. The first-order valence-corrected chi connectivity index (χ1v) is 16.1. The number of benzene rings is 2. The van der Waals surface area contributed by atoms with E-state index in [4.69, 9.17) is 9.47 Å². The van der Waals surface area contributed by atoms with Gasteiger partial charge in [0.25, 0.3) is 11.8 Å². The maximum atomic E-state index is 14.1. The molecular weight excluding hydrogens is 604 g/mol. The number of hydrogen-bond acceptors (Lipinski definition) is 8. The molecule has 13 nitrogen and oxygen atoms in total. The van der Waals surface area contributed by atoms with E-state index >= 15 is 0 Å². The van der Waals surface area contributed by atoms with Crippen molar-refractivity contribution in [2.75, 3.05) is 64.4 Å². The van der Waals surface area contributed by atoms with Crippen LogP contribution in [-0.2, 0) is 35.1 Å². The Morgan fingerprint density at radius 3 is 2.34 bits per heavy atom. The summed E-state index contributed by atoms with van der Waals surface area (Å²) in [5, 5.41) is 8.45. The Bertz CT molecular complexity index is 1450. The fraction of sp³-hybridized carbons (Fsp3) is 0.500. The minimum atomic E-state index is -1.12. The molecule has 0 aliphatic carbocycles. The van der Waals surface area contributed by atoms with E-state index in [1.54, 1.807) is 17.0 Å². The zero-order chi connectivity index (χ0) is 33.5. The van der Waals surface area contributed by atoms with Gasteiger partial charge in [0.1, 0.15) is 12.1 Å². The standard InChI is InChI=1S/C34H44N6O7/c1-22(2)30-32(43)35-18-24-19-40(33(44)25-11-7-8-12-27(25)39-13-15-46-16-14-39)20-28(47-24)31(42)36-26(17-23-9-5-4-6-10-23)34(45)38(3)21-29(41)37-30/h4-12,22,24,26,28,30H,13-21H2,1-3H3,(H,35,43)(H,36,42)(H,37,41)/t24-,26+,28+,30-/m0/s1. The lowest BCUT2D eigenvalue weighted by Gasteiger charge is -2.39. The van der Waals surface area contributed by atoms with Crippen molar-refractivity contribution in [3.63, 3.8) is 0 Å². The average molecular weight is 649 g/mol. The first kappa shape index (κ1) is 33.9. The first-order chi connectivity index (χ1) is 22.6. The molecule has 3 heterocycles. The monoisotopic (exact) mass is 648 g/mol. The zero-order valence-corrected chi connectivity index (χ0v) is 27.1. The van der Waals surface area contributed by atoms with Gasteiger partial charge < -0.3 is 40.1 Å². The van der Waals surface area contributed by atoms with Crippen LogP contribution in [-0.4, -0.2) is 123 Å².